The van der Waals surface area contributed by atoms with Gasteiger partial charge in [0.2, 0.25) is 0 Å². The smallest absolute Gasteiger partial charge is 0.340 e. The van der Waals surface area contributed by atoms with Gasteiger partial charge in [-0.3, -0.25) is 9.78 Å². The second-order valence-corrected chi connectivity index (χ2v) is 5.54. The number of hydrogen-bond acceptors (Lipinski definition) is 5. The predicted molar refractivity (Wildman–Crippen MR) is 96.4 cm³/mol. The molecule has 1 amide bonds. The normalized spacial score (nSPS) is 10.1. The summed E-state index contributed by atoms with van der Waals surface area (Å²) in [5, 5.41) is 12.1. The van der Waals surface area contributed by atoms with Crippen LogP contribution in [0.4, 0.5) is 5.69 Å². The monoisotopic (exact) mass is 345 g/mol. The molecule has 3 rings (SSSR count). The summed E-state index contributed by atoms with van der Waals surface area (Å²) >= 11 is 0. The first kappa shape index (κ1) is 17.1. The molecule has 0 saturated heterocycles. The maximum absolute atomic E-state index is 12.3. The molecule has 1 heterocycles. The molecule has 6 nitrogen and oxygen atoms in total. The fraction of sp³-hybridized carbons (Fsp3) is 0.100. The summed E-state index contributed by atoms with van der Waals surface area (Å²) in [7, 11) is 0. The zero-order valence-electron chi connectivity index (χ0n) is 13.8. The van der Waals surface area contributed by atoms with Crippen molar-refractivity contribution in [3.8, 4) is 6.07 Å². The number of nitrogens with zero attached hydrogens (tertiary/aromatic N) is 2. The Morgan fingerprint density at radius 1 is 1.08 bits per heavy atom. The minimum absolute atomic E-state index is 0.310. The second kappa shape index (κ2) is 7.90. The molecule has 3 aromatic rings. The zero-order chi connectivity index (χ0) is 18.4. The van der Waals surface area contributed by atoms with Crippen LogP contribution in [0.2, 0.25) is 0 Å². The van der Waals surface area contributed by atoms with E-state index in [1.54, 1.807) is 48.7 Å². The number of carbonyl (C=O) groups is 2. The third-order valence-electron chi connectivity index (χ3n) is 3.71. The van der Waals surface area contributed by atoms with Gasteiger partial charge in [0.15, 0.2) is 6.61 Å². The average Bonchev–Trinajstić information content (AvgIpc) is 2.67. The molecule has 0 unspecified atom stereocenters. The molecule has 0 atom stereocenters. The topological polar surface area (TPSA) is 92.1 Å². The van der Waals surface area contributed by atoms with Crippen LogP contribution in [0.15, 0.2) is 60.8 Å². The quantitative estimate of drug-likeness (QED) is 0.717. The number of carbonyl (C=O) groups excluding carboxylic acids is 2. The fourth-order valence-corrected chi connectivity index (χ4v) is 2.47. The Morgan fingerprint density at radius 2 is 1.85 bits per heavy atom. The van der Waals surface area contributed by atoms with Crippen LogP contribution in [0.3, 0.4) is 0 Å². The van der Waals surface area contributed by atoms with Gasteiger partial charge in [-0.2, -0.15) is 5.26 Å². The van der Waals surface area contributed by atoms with Crippen LogP contribution in [0.5, 0.6) is 0 Å². The SMILES string of the molecule is N#CCc1ccc(NC(=O)COC(=O)c2cccc3cccnc23)cc1. The lowest BCUT2D eigenvalue weighted by Gasteiger charge is -2.08. The highest BCUT2D eigenvalue weighted by molar-refractivity contribution is 6.03. The number of aromatic nitrogens is 1. The van der Waals surface area contributed by atoms with Gasteiger partial charge in [0.05, 0.1) is 23.6 Å². The van der Waals surface area contributed by atoms with Crippen molar-refractivity contribution >= 4 is 28.5 Å². The molecule has 0 aliphatic heterocycles. The van der Waals surface area contributed by atoms with Crippen molar-refractivity contribution in [1.29, 1.82) is 5.26 Å². The van der Waals surface area contributed by atoms with Gasteiger partial charge in [-0.1, -0.05) is 30.3 Å². The zero-order valence-corrected chi connectivity index (χ0v) is 13.8. The van der Waals surface area contributed by atoms with Gasteiger partial charge >= 0.3 is 5.97 Å². The predicted octanol–water partition coefficient (Wildman–Crippen LogP) is 3.10. The Morgan fingerprint density at radius 3 is 2.62 bits per heavy atom. The number of anilines is 1. The highest BCUT2D eigenvalue weighted by Gasteiger charge is 2.14. The van der Waals surface area contributed by atoms with Gasteiger partial charge in [-0.15, -0.1) is 0 Å². The molecular weight excluding hydrogens is 330 g/mol. The lowest BCUT2D eigenvalue weighted by atomic mass is 10.1. The second-order valence-electron chi connectivity index (χ2n) is 5.54. The summed E-state index contributed by atoms with van der Waals surface area (Å²) in [6, 6.07) is 17.8. The van der Waals surface area contributed by atoms with Gasteiger partial charge < -0.3 is 10.1 Å². The molecule has 0 fully saturated rings. The highest BCUT2D eigenvalue weighted by atomic mass is 16.5. The Hall–Kier alpha value is -3.72. The number of esters is 1. The maximum atomic E-state index is 12.3. The first-order chi connectivity index (χ1) is 12.7. The number of amides is 1. The van der Waals surface area contributed by atoms with Gasteiger partial charge in [-0.25, -0.2) is 4.79 Å². The van der Waals surface area contributed by atoms with E-state index < -0.39 is 18.5 Å². The van der Waals surface area contributed by atoms with Crippen LogP contribution in [0.25, 0.3) is 10.9 Å². The number of fused-ring (bicyclic) bond motifs is 1. The average molecular weight is 345 g/mol. The largest absolute Gasteiger partial charge is 0.452 e. The van der Waals surface area contributed by atoms with E-state index in [-0.39, 0.29) is 0 Å². The van der Waals surface area contributed by atoms with E-state index in [9.17, 15) is 9.59 Å². The highest BCUT2D eigenvalue weighted by Crippen LogP contribution is 2.17. The molecular formula is C20H15N3O3. The lowest BCUT2D eigenvalue weighted by Crippen LogP contribution is -2.21. The number of benzene rings is 2. The van der Waals surface area contributed by atoms with E-state index in [1.807, 2.05) is 12.1 Å². The molecule has 0 aliphatic rings. The van der Waals surface area contributed by atoms with Crippen molar-refractivity contribution in [3.63, 3.8) is 0 Å². The van der Waals surface area contributed by atoms with Crippen LogP contribution < -0.4 is 5.32 Å². The van der Waals surface area contributed by atoms with E-state index >= 15 is 0 Å². The van der Waals surface area contributed by atoms with Gasteiger partial charge in [-0.05, 0) is 29.8 Å². The number of hydrogen-bond donors (Lipinski definition) is 1. The number of ether oxygens (including phenoxy) is 1. The van der Waals surface area contributed by atoms with Crippen LogP contribution in [0, 0.1) is 11.3 Å². The molecule has 0 aliphatic carbocycles. The van der Waals surface area contributed by atoms with E-state index in [0.717, 1.165) is 10.9 Å². The Bertz CT molecular complexity index is 986. The summed E-state index contributed by atoms with van der Waals surface area (Å²) < 4.78 is 5.10. The molecule has 1 aromatic heterocycles. The van der Waals surface area contributed by atoms with E-state index in [4.69, 9.17) is 10.00 Å². The molecule has 0 spiro atoms. The van der Waals surface area contributed by atoms with Crippen molar-refractivity contribution in [2.24, 2.45) is 0 Å². The minimum atomic E-state index is -0.603. The standard InChI is InChI=1S/C20H15N3O3/c21-11-10-14-6-8-16(9-7-14)23-18(24)13-26-20(25)17-5-1-3-15-4-2-12-22-19(15)17/h1-9,12H,10,13H2,(H,23,24). The van der Waals surface area contributed by atoms with Crippen LogP contribution in [-0.2, 0) is 16.0 Å². The number of pyridine rings is 1. The Kier molecular flexibility index (Phi) is 5.20. The van der Waals surface area contributed by atoms with Gasteiger partial charge in [0.1, 0.15) is 0 Å². The third kappa shape index (κ3) is 4.02. The first-order valence-corrected chi connectivity index (χ1v) is 7.94. The summed E-state index contributed by atoms with van der Waals surface area (Å²) in [5.41, 5.74) is 2.28. The number of nitrogens with one attached hydrogen (secondary N) is 1. The molecule has 0 bridgehead atoms. The molecule has 2 aromatic carbocycles. The Balaban J connectivity index is 1.60. The van der Waals surface area contributed by atoms with Crippen LogP contribution in [0.1, 0.15) is 15.9 Å². The molecule has 1 N–H and O–H groups in total. The first-order valence-electron chi connectivity index (χ1n) is 7.94. The van der Waals surface area contributed by atoms with Crippen LogP contribution in [-0.4, -0.2) is 23.5 Å². The maximum Gasteiger partial charge on any atom is 0.340 e. The number of rotatable bonds is 5. The number of para-hydroxylation sites is 1. The van der Waals surface area contributed by atoms with Gasteiger partial charge in [0, 0.05) is 17.3 Å². The summed E-state index contributed by atoms with van der Waals surface area (Å²) in [6.07, 6.45) is 1.91. The van der Waals surface area contributed by atoms with Crippen LogP contribution >= 0.6 is 0 Å². The Labute approximate surface area is 150 Å². The van der Waals surface area contributed by atoms with E-state index in [1.165, 1.54) is 0 Å². The van der Waals surface area contributed by atoms with Crippen molar-refractivity contribution in [3.05, 3.63) is 71.9 Å². The summed E-state index contributed by atoms with van der Waals surface area (Å²) in [4.78, 5) is 28.4. The molecule has 0 saturated carbocycles. The van der Waals surface area contributed by atoms with E-state index in [2.05, 4.69) is 16.4 Å². The van der Waals surface area contributed by atoms with Crippen molar-refractivity contribution in [2.45, 2.75) is 6.42 Å². The fourth-order valence-electron chi connectivity index (χ4n) is 2.47. The molecule has 128 valence electrons. The van der Waals surface area contributed by atoms with Crippen molar-refractivity contribution in [1.82, 2.24) is 4.98 Å². The number of nitriles is 1. The summed E-state index contributed by atoms with van der Waals surface area (Å²) in [6.45, 7) is -0.401. The van der Waals surface area contributed by atoms with Crippen molar-refractivity contribution in [2.75, 3.05) is 11.9 Å². The van der Waals surface area contributed by atoms with E-state index in [0.29, 0.717) is 23.2 Å². The minimum Gasteiger partial charge on any atom is -0.452 e. The molecule has 26 heavy (non-hydrogen) atoms. The summed E-state index contributed by atoms with van der Waals surface area (Å²) in [5.74, 6) is -1.05. The molecule has 6 heteroatoms. The third-order valence-corrected chi connectivity index (χ3v) is 3.71. The van der Waals surface area contributed by atoms with Crippen molar-refractivity contribution < 1.29 is 14.3 Å². The lowest BCUT2D eigenvalue weighted by molar-refractivity contribution is -0.119. The molecule has 0 radical (unpaired) electrons. The van der Waals surface area contributed by atoms with Gasteiger partial charge in [0.25, 0.3) is 5.91 Å².